The Morgan fingerprint density at radius 1 is 1.18 bits per heavy atom. The van der Waals surface area contributed by atoms with Crippen molar-refractivity contribution < 1.29 is 10.2 Å². The largest absolute Gasteiger partial charge is 0.508 e. The van der Waals surface area contributed by atoms with Crippen molar-refractivity contribution in [3.63, 3.8) is 0 Å². The van der Waals surface area contributed by atoms with Crippen LogP contribution in [-0.2, 0) is 0 Å². The van der Waals surface area contributed by atoms with Gasteiger partial charge in [-0.1, -0.05) is 6.92 Å². The van der Waals surface area contributed by atoms with E-state index in [9.17, 15) is 10.2 Å². The second kappa shape index (κ2) is 6.77. The highest BCUT2D eigenvalue weighted by Crippen LogP contribution is 2.24. The molecule has 0 aromatic heterocycles. The van der Waals surface area contributed by atoms with Crippen LogP contribution in [0.4, 0.5) is 0 Å². The lowest BCUT2D eigenvalue weighted by Gasteiger charge is -2.16. The van der Waals surface area contributed by atoms with Crippen LogP contribution in [0.15, 0.2) is 18.2 Å². The maximum Gasteiger partial charge on any atom is 0.119 e. The van der Waals surface area contributed by atoms with Crippen LogP contribution in [-0.4, -0.2) is 28.3 Å². The molecule has 1 aromatic rings. The summed E-state index contributed by atoms with van der Waals surface area (Å²) in [6.07, 6.45) is 3.22. The maximum absolute atomic E-state index is 9.40. The molecule has 0 saturated heterocycles. The van der Waals surface area contributed by atoms with E-state index in [1.165, 1.54) is 6.07 Å². The van der Waals surface area contributed by atoms with Gasteiger partial charge in [0.05, 0.1) is 0 Å². The monoisotopic (exact) mass is 255 g/mol. The summed E-state index contributed by atoms with van der Waals surface area (Å²) in [7, 11) is 0. The lowest BCUT2D eigenvalue weighted by atomic mass is 10.1. The zero-order valence-electron chi connectivity index (χ0n) is 10.6. The van der Waals surface area contributed by atoms with Crippen molar-refractivity contribution in [3.8, 4) is 11.5 Å². The molecule has 0 saturated carbocycles. The van der Waals surface area contributed by atoms with Crippen molar-refractivity contribution in [2.75, 3.05) is 12.8 Å². The Morgan fingerprint density at radius 3 is 2.29 bits per heavy atom. The highest BCUT2D eigenvalue weighted by Gasteiger charge is 2.08. The lowest BCUT2D eigenvalue weighted by molar-refractivity contribution is 0.446. The van der Waals surface area contributed by atoms with Crippen molar-refractivity contribution in [2.45, 2.75) is 31.6 Å². The highest BCUT2D eigenvalue weighted by atomic mass is 32.2. The first-order chi connectivity index (χ1) is 8.02. The van der Waals surface area contributed by atoms with Crippen LogP contribution in [0.1, 0.15) is 31.9 Å². The van der Waals surface area contributed by atoms with Crippen molar-refractivity contribution in [1.29, 1.82) is 0 Å². The first-order valence-electron chi connectivity index (χ1n) is 5.82. The third-order valence-corrected chi connectivity index (χ3v) is 3.87. The Kier molecular flexibility index (Phi) is 5.65. The van der Waals surface area contributed by atoms with E-state index in [4.69, 9.17) is 0 Å². The number of thioether (sulfide) groups is 1. The number of hydrogen-bond donors (Lipinski definition) is 3. The second-order valence-corrected chi connectivity index (χ2v) is 5.57. The quantitative estimate of drug-likeness (QED) is 0.731. The van der Waals surface area contributed by atoms with Gasteiger partial charge in [0, 0.05) is 17.4 Å². The van der Waals surface area contributed by atoms with E-state index in [0.29, 0.717) is 5.25 Å². The first kappa shape index (κ1) is 14.2. The zero-order chi connectivity index (χ0) is 12.8. The molecule has 96 valence electrons. The molecule has 4 heteroatoms. The SMILES string of the molecule is CSC(C)CCNC(C)c1cc(O)cc(O)c1. The first-order valence-corrected chi connectivity index (χ1v) is 7.10. The van der Waals surface area contributed by atoms with Gasteiger partial charge in [-0.3, -0.25) is 0 Å². The Hall–Kier alpha value is -0.870. The summed E-state index contributed by atoms with van der Waals surface area (Å²) in [4.78, 5) is 0. The maximum atomic E-state index is 9.40. The molecule has 0 radical (unpaired) electrons. The third kappa shape index (κ3) is 4.88. The number of phenolic OH excluding ortho intramolecular Hbond substituents is 2. The summed E-state index contributed by atoms with van der Waals surface area (Å²) >= 11 is 1.86. The van der Waals surface area contributed by atoms with E-state index < -0.39 is 0 Å². The lowest BCUT2D eigenvalue weighted by Crippen LogP contribution is -2.21. The Morgan fingerprint density at radius 2 is 1.76 bits per heavy atom. The molecule has 3 N–H and O–H groups in total. The van der Waals surface area contributed by atoms with Crippen molar-refractivity contribution in [1.82, 2.24) is 5.32 Å². The fraction of sp³-hybridized carbons (Fsp3) is 0.538. The fourth-order valence-electron chi connectivity index (χ4n) is 1.61. The molecule has 0 aliphatic carbocycles. The predicted molar refractivity (Wildman–Crippen MR) is 73.8 cm³/mol. The van der Waals surface area contributed by atoms with Crippen molar-refractivity contribution >= 4 is 11.8 Å². The van der Waals surface area contributed by atoms with Gasteiger partial charge < -0.3 is 15.5 Å². The summed E-state index contributed by atoms with van der Waals surface area (Å²) in [6.45, 7) is 5.16. The average Bonchev–Trinajstić information content (AvgIpc) is 2.27. The smallest absolute Gasteiger partial charge is 0.119 e. The molecule has 0 spiro atoms. The summed E-state index contributed by atoms with van der Waals surface area (Å²) < 4.78 is 0. The summed E-state index contributed by atoms with van der Waals surface area (Å²) in [6, 6.07) is 4.82. The molecule has 1 rings (SSSR count). The molecule has 2 atom stereocenters. The minimum atomic E-state index is 0.103. The number of hydrogen-bond acceptors (Lipinski definition) is 4. The van der Waals surface area contributed by atoms with E-state index in [1.54, 1.807) is 12.1 Å². The van der Waals surface area contributed by atoms with E-state index in [0.717, 1.165) is 18.5 Å². The van der Waals surface area contributed by atoms with Gasteiger partial charge in [0.25, 0.3) is 0 Å². The van der Waals surface area contributed by atoms with E-state index in [1.807, 2.05) is 18.7 Å². The Balaban J connectivity index is 2.49. The molecule has 0 heterocycles. The highest BCUT2D eigenvalue weighted by molar-refractivity contribution is 7.99. The Bertz CT molecular complexity index is 337. The van der Waals surface area contributed by atoms with Crippen LogP contribution in [0.2, 0.25) is 0 Å². The van der Waals surface area contributed by atoms with Gasteiger partial charge in [0.15, 0.2) is 0 Å². The van der Waals surface area contributed by atoms with Crippen LogP contribution in [0.5, 0.6) is 11.5 Å². The number of aromatic hydroxyl groups is 2. The van der Waals surface area contributed by atoms with Crippen molar-refractivity contribution in [2.24, 2.45) is 0 Å². The van der Waals surface area contributed by atoms with Gasteiger partial charge in [0.2, 0.25) is 0 Å². The normalized spacial score (nSPS) is 14.5. The standard InChI is InChI=1S/C13H21NO2S/c1-9(17-3)4-5-14-10(2)11-6-12(15)8-13(16)7-11/h6-10,14-16H,4-5H2,1-3H3. The molecule has 2 unspecified atom stereocenters. The van der Waals surface area contributed by atoms with Gasteiger partial charge >= 0.3 is 0 Å². The van der Waals surface area contributed by atoms with Crippen LogP contribution in [0.3, 0.4) is 0 Å². The second-order valence-electron chi connectivity index (χ2n) is 4.29. The molecule has 3 nitrogen and oxygen atoms in total. The predicted octanol–water partition coefficient (Wildman–Crippen LogP) is 2.89. The van der Waals surface area contributed by atoms with Crippen molar-refractivity contribution in [3.05, 3.63) is 23.8 Å². The molecular formula is C13H21NO2S. The van der Waals surface area contributed by atoms with Crippen LogP contribution in [0, 0.1) is 0 Å². The van der Waals surface area contributed by atoms with Gasteiger partial charge in [-0.15, -0.1) is 0 Å². The van der Waals surface area contributed by atoms with E-state index in [-0.39, 0.29) is 17.5 Å². The topological polar surface area (TPSA) is 52.5 Å². The Labute approximate surface area is 107 Å². The number of nitrogens with one attached hydrogen (secondary N) is 1. The number of phenols is 2. The third-order valence-electron chi connectivity index (χ3n) is 2.83. The van der Waals surface area contributed by atoms with Gasteiger partial charge in [-0.25, -0.2) is 0 Å². The molecular weight excluding hydrogens is 234 g/mol. The molecule has 17 heavy (non-hydrogen) atoms. The molecule has 0 aliphatic heterocycles. The number of benzene rings is 1. The van der Waals surface area contributed by atoms with Crippen LogP contribution < -0.4 is 5.32 Å². The van der Waals surface area contributed by atoms with E-state index >= 15 is 0 Å². The zero-order valence-corrected chi connectivity index (χ0v) is 11.4. The van der Waals surface area contributed by atoms with E-state index in [2.05, 4.69) is 18.5 Å². The summed E-state index contributed by atoms with van der Waals surface area (Å²) in [5.74, 6) is 0.206. The van der Waals surface area contributed by atoms with Crippen LogP contribution in [0.25, 0.3) is 0 Å². The fourth-order valence-corrected chi connectivity index (χ4v) is 1.96. The molecule has 1 aromatic carbocycles. The molecule has 0 aliphatic rings. The summed E-state index contributed by atoms with van der Waals surface area (Å²) in [5, 5.41) is 22.8. The number of rotatable bonds is 6. The minimum absolute atomic E-state index is 0.103. The minimum Gasteiger partial charge on any atom is -0.508 e. The average molecular weight is 255 g/mol. The summed E-state index contributed by atoms with van der Waals surface area (Å²) in [5.41, 5.74) is 0.902. The van der Waals surface area contributed by atoms with Gasteiger partial charge in [-0.2, -0.15) is 11.8 Å². The molecule has 0 bridgehead atoms. The van der Waals surface area contributed by atoms with Crippen LogP contribution >= 0.6 is 11.8 Å². The van der Waals surface area contributed by atoms with Gasteiger partial charge in [0.1, 0.15) is 11.5 Å². The molecule has 0 fully saturated rings. The molecule has 0 amide bonds. The van der Waals surface area contributed by atoms with Gasteiger partial charge in [-0.05, 0) is 43.8 Å².